The van der Waals surface area contributed by atoms with E-state index in [9.17, 15) is 18.8 Å². The van der Waals surface area contributed by atoms with Crippen LogP contribution >= 0.6 is 0 Å². The van der Waals surface area contributed by atoms with Gasteiger partial charge in [-0.05, 0) is 67.6 Å². The topological polar surface area (TPSA) is 112 Å². The molecule has 38 heavy (non-hydrogen) atoms. The minimum absolute atomic E-state index is 0.113. The van der Waals surface area contributed by atoms with Gasteiger partial charge in [0.1, 0.15) is 22.8 Å². The summed E-state index contributed by atoms with van der Waals surface area (Å²) in [4.78, 5) is 37.1. The zero-order valence-corrected chi connectivity index (χ0v) is 20.9. The lowest BCUT2D eigenvalue weighted by Crippen LogP contribution is -2.30. The van der Waals surface area contributed by atoms with E-state index in [0.29, 0.717) is 34.1 Å². The van der Waals surface area contributed by atoms with Crippen LogP contribution in [0.25, 0.3) is 16.9 Å². The van der Waals surface area contributed by atoms with Crippen LogP contribution in [0.4, 0.5) is 15.8 Å². The Kier molecular flexibility index (Phi) is 7.81. The second kappa shape index (κ2) is 11.4. The third kappa shape index (κ3) is 6.22. The first-order valence-corrected chi connectivity index (χ1v) is 11.6. The van der Waals surface area contributed by atoms with Crippen LogP contribution in [-0.2, 0) is 14.3 Å². The number of aromatic nitrogens is 2. The van der Waals surface area contributed by atoms with Crippen LogP contribution < -0.4 is 15.4 Å². The summed E-state index contributed by atoms with van der Waals surface area (Å²) in [7, 11) is 1.53. The molecule has 2 amide bonds. The Hall–Kier alpha value is -4.99. The fourth-order valence-corrected chi connectivity index (χ4v) is 3.59. The van der Waals surface area contributed by atoms with Gasteiger partial charge in [-0.1, -0.05) is 12.1 Å². The SMILES string of the molecule is COc1cccc(-c2nn(-c3ccc(F)cc3)cc2C(=O)OC(C)C(=O)Nc2ccc(NC(C)=O)cc2)c1. The second-order valence-electron chi connectivity index (χ2n) is 8.34. The molecule has 0 saturated carbocycles. The number of rotatable bonds is 8. The average Bonchev–Trinajstić information content (AvgIpc) is 3.35. The normalized spacial score (nSPS) is 11.4. The van der Waals surface area contributed by atoms with E-state index in [1.807, 2.05) is 0 Å². The average molecular weight is 517 g/mol. The molecule has 0 aliphatic heterocycles. The fraction of sp³-hybridized carbons (Fsp3) is 0.143. The lowest BCUT2D eigenvalue weighted by molar-refractivity contribution is -0.123. The summed E-state index contributed by atoms with van der Waals surface area (Å²) in [5.41, 5.74) is 2.59. The Bertz CT molecular complexity index is 1470. The molecule has 0 bridgehead atoms. The number of anilines is 2. The van der Waals surface area contributed by atoms with Crippen molar-refractivity contribution in [3.8, 4) is 22.7 Å². The summed E-state index contributed by atoms with van der Waals surface area (Å²) < 4.78 is 25.6. The second-order valence-corrected chi connectivity index (χ2v) is 8.34. The molecule has 9 nitrogen and oxygen atoms in total. The number of hydrogen-bond acceptors (Lipinski definition) is 6. The highest BCUT2D eigenvalue weighted by Gasteiger charge is 2.25. The van der Waals surface area contributed by atoms with Gasteiger partial charge in [-0.25, -0.2) is 13.9 Å². The summed E-state index contributed by atoms with van der Waals surface area (Å²) in [6.45, 7) is 2.85. The lowest BCUT2D eigenvalue weighted by Gasteiger charge is -2.14. The van der Waals surface area contributed by atoms with Gasteiger partial charge >= 0.3 is 5.97 Å². The Balaban J connectivity index is 1.55. The maximum Gasteiger partial charge on any atom is 0.342 e. The Morgan fingerprint density at radius 1 is 0.947 bits per heavy atom. The molecule has 0 saturated heterocycles. The van der Waals surface area contributed by atoms with Crippen molar-refractivity contribution in [3.05, 3.63) is 90.4 Å². The molecule has 0 fully saturated rings. The van der Waals surface area contributed by atoms with Crippen molar-refractivity contribution < 1.29 is 28.2 Å². The largest absolute Gasteiger partial charge is 0.497 e. The molecule has 194 valence electrons. The van der Waals surface area contributed by atoms with E-state index in [1.165, 1.54) is 56.1 Å². The fourth-order valence-electron chi connectivity index (χ4n) is 3.59. The Morgan fingerprint density at radius 2 is 1.61 bits per heavy atom. The molecule has 10 heteroatoms. The van der Waals surface area contributed by atoms with Crippen LogP contribution in [0.15, 0.2) is 79.0 Å². The Morgan fingerprint density at radius 3 is 2.24 bits per heavy atom. The van der Waals surface area contributed by atoms with E-state index in [2.05, 4.69) is 15.7 Å². The van der Waals surface area contributed by atoms with Crippen molar-refractivity contribution >= 4 is 29.2 Å². The van der Waals surface area contributed by atoms with Crippen molar-refractivity contribution in [2.45, 2.75) is 20.0 Å². The van der Waals surface area contributed by atoms with Crippen LogP contribution in [0.3, 0.4) is 0 Å². The van der Waals surface area contributed by atoms with E-state index < -0.39 is 23.8 Å². The maximum absolute atomic E-state index is 13.4. The lowest BCUT2D eigenvalue weighted by atomic mass is 10.1. The standard InChI is InChI=1S/C28H25FN4O5/c1-17(27(35)31-22-11-9-21(10-12-22)30-18(2)34)38-28(36)25-16-33(23-13-7-20(29)8-14-23)32-26(25)19-5-4-6-24(15-19)37-3/h4-17H,1-3H3,(H,30,34)(H,31,35). The smallest absolute Gasteiger partial charge is 0.342 e. The van der Waals surface area contributed by atoms with Gasteiger partial charge in [-0.3, -0.25) is 9.59 Å². The van der Waals surface area contributed by atoms with E-state index in [0.717, 1.165) is 0 Å². The Labute approximate surface area is 218 Å². The monoisotopic (exact) mass is 516 g/mol. The van der Waals surface area contributed by atoms with Crippen molar-refractivity contribution in [1.82, 2.24) is 9.78 Å². The molecule has 3 aromatic carbocycles. The highest BCUT2D eigenvalue weighted by Crippen LogP contribution is 2.28. The van der Waals surface area contributed by atoms with Crippen LogP contribution in [0, 0.1) is 5.82 Å². The molecule has 1 heterocycles. The quantitative estimate of drug-likeness (QED) is 0.325. The van der Waals surface area contributed by atoms with Gasteiger partial charge in [0.05, 0.1) is 12.8 Å². The molecule has 0 spiro atoms. The van der Waals surface area contributed by atoms with E-state index in [4.69, 9.17) is 9.47 Å². The van der Waals surface area contributed by atoms with Gasteiger partial charge in [0, 0.05) is 30.1 Å². The molecular weight excluding hydrogens is 491 g/mol. The van der Waals surface area contributed by atoms with Gasteiger partial charge in [-0.2, -0.15) is 5.10 Å². The first kappa shape index (κ1) is 26.1. The van der Waals surface area contributed by atoms with Crippen LogP contribution in [-0.4, -0.2) is 40.8 Å². The summed E-state index contributed by atoms with van der Waals surface area (Å²) >= 11 is 0. The summed E-state index contributed by atoms with van der Waals surface area (Å²) in [6, 6.07) is 19.1. The zero-order valence-electron chi connectivity index (χ0n) is 20.9. The summed E-state index contributed by atoms with van der Waals surface area (Å²) in [5, 5.41) is 9.85. The van der Waals surface area contributed by atoms with Crippen LogP contribution in [0.2, 0.25) is 0 Å². The van der Waals surface area contributed by atoms with Crippen molar-refractivity contribution in [2.75, 3.05) is 17.7 Å². The van der Waals surface area contributed by atoms with E-state index >= 15 is 0 Å². The number of nitrogens with zero attached hydrogens (tertiary/aromatic N) is 2. The number of ether oxygens (including phenoxy) is 2. The number of amides is 2. The number of carbonyl (C=O) groups excluding carboxylic acids is 3. The molecule has 0 aliphatic carbocycles. The van der Waals surface area contributed by atoms with Crippen molar-refractivity contribution in [3.63, 3.8) is 0 Å². The van der Waals surface area contributed by atoms with Crippen LogP contribution in [0.5, 0.6) is 5.75 Å². The van der Waals surface area contributed by atoms with Crippen molar-refractivity contribution in [1.29, 1.82) is 0 Å². The minimum atomic E-state index is -1.13. The first-order chi connectivity index (χ1) is 18.2. The predicted octanol–water partition coefficient (Wildman–Crippen LogP) is 4.83. The molecule has 1 aromatic heterocycles. The number of benzene rings is 3. The molecule has 1 unspecified atom stereocenters. The highest BCUT2D eigenvalue weighted by molar-refractivity contribution is 6.00. The molecule has 0 radical (unpaired) electrons. The van der Waals surface area contributed by atoms with E-state index in [1.54, 1.807) is 48.5 Å². The molecule has 4 rings (SSSR count). The number of esters is 1. The maximum atomic E-state index is 13.4. The van der Waals surface area contributed by atoms with Gasteiger partial charge < -0.3 is 20.1 Å². The third-order valence-corrected chi connectivity index (χ3v) is 5.49. The van der Waals surface area contributed by atoms with E-state index in [-0.39, 0.29) is 11.5 Å². The number of carbonyl (C=O) groups is 3. The molecule has 0 aliphatic rings. The molecule has 4 aromatic rings. The zero-order chi connectivity index (χ0) is 27.2. The summed E-state index contributed by atoms with van der Waals surface area (Å²) in [5.74, 6) is -1.36. The van der Waals surface area contributed by atoms with Crippen LogP contribution in [0.1, 0.15) is 24.2 Å². The minimum Gasteiger partial charge on any atom is -0.497 e. The number of hydrogen-bond donors (Lipinski definition) is 2. The third-order valence-electron chi connectivity index (χ3n) is 5.49. The molecule has 2 N–H and O–H groups in total. The number of halogens is 1. The van der Waals surface area contributed by atoms with Gasteiger partial charge in [0.15, 0.2) is 6.10 Å². The van der Waals surface area contributed by atoms with Gasteiger partial charge in [0.25, 0.3) is 5.91 Å². The molecular formula is C28H25FN4O5. The summed E-state index contributed by atoms with van der Waals surface area (Å²) in [6.07, 6.45) is 0.334. The number of methoxy groups -OCH3 is 1. The van der Waals surface area contributed by atoms with Gasteiger partial charge in [0.2, 0.25) is 5.91 Å². The molecule has 1 atom stereocenters. The first-order valence-electron chi connectivity index (χ1n) is 11.6. The highest BCUT2D eigenvalue weighted by atomic mass is 19.1. The van der Waals surface area contributed by atoms with Gasteiger partial charge in [-0.15, -0.1) is 0 Å². The predicted molar refractivity (Wildman–Crippen MR) is 140 cm³/mol. The van der Waals surface area contributed by atoms with Crippen molar-refractivity contribution in [2.24, 2.45) is 0 Å². The number of nitrogens with one attached hydrogen (secondary N) is 2.